The van der Waals surface area contributed by atoms with Crippen LogP contribution < -0.4 is 0 Å². The molecule has 0 amide bonds. The van der Waals surface area contributed by atoms with E-state index in [2.05, 4.69) is 18.2 Å². The molecule has 1 aromatic rings. The highest BCUT2D eigenvalue weighted by molar-refractivity contribution is 5.89. The predicted octanol–water partition coefficient (Wildman–Crippen LogP) is 4.27. The smallest absolute Gasteiger partial charge is 0.310 e. The second-order valence-electron chi connectivity index (χ2n) is 8.43. The minimum Gasteiger partial charge on any atom is -0.460 e. The molecule has 0 saturated heterocycles. The molecule has 2 aliphatic rings. The lowest BCUT2D eigenvalue weighted by molar-refractivity contribution is -0.153. The highest BCUT2D eigenvalue weighted by Gasteiger charge is 2.34. The normalized spacial score (nSPS) is 20.9. The van der Waals surface area contributed by atoms with E-state index >= 15 is 0 Å². The fourth-order valence-corrected chi connectivity index (χ4v) is 3.70. The molecule has 5 heteroatoms. The van der Waals surface area contributed by atoms with E-state index in [1.165, 1.54) is 0 Å². The van der Waals surface area contributed by atoms with Gasteiger partial charge in [0.1, 0.15) is 5.60 Å². The molecule has 1 heterocycles. The summed E-state index contributed by atoms with van der Waals surface area (Å²) in [6.07, 6.45) is 6.48. The highest BCUT2D eigenvalue weighted by Crippen LogP contribution is 2.32. The Bertz CT molecular complexity index is 913. The van der Waals surface area contributed by atoms with Crippen LogP contribution in [0.4, 0.5) is 0 Å². The van der Waals surface area contributed by atoms with Gasteiger partial charge < -0.3 is 4.74 Å². The van der Waals surface area contributed by atoms with Gasteiger partial charge in [-0.15, -0.1) is 0 Å². The van der Waals surface area contributed by atoms with Gasteiger partial charge in [-0.05, 0) is 57.4 Å². The van der Waals surface area contributed by atoms with E-state index in [9.17, 15) is 10.1 Å². The monoisotopic (exact) mass is 377 g/mol. The van der Waals surface area contributed by atoms with Crippen LogP contribution in [0.25, 0.3) is 0 Å². The van der Waals surface area contributed by atoms with Crippen molar-refractivity contribution >= 4 is 11.7 Å². The number of nitrogens with zero attached hydrogens (tertiary/aromatic N) is 3. The Hall–Kier alpha value is -2.87. The van der Waals surface area contributed by atoms with Gasteiger partial charge >= 0.3 is 5.97 Å². The Balaban J connectivity index is 1.80. The molecule has 1 aromatic carbocycles. The SMILES string of the molecule is CC1=NN(Cc2c(C)cccc2C#N)C2C=C(CC(=O)OC(C)(C)C)C=CC12. The molecule has 1 aliphatic heterocycles. The summed E-state index contributed by atoms with van der Waals surface area (Å²) in [4.78, 5) is 12.2. The van der Waals surface area contributed by atoms with E-state index in [0.717, 1.165) is 22.4 Å². The lowest BCUT2D eigenvalue weighted by Gasteiger charge is -2.28. The van der Waals surface area contributed by atoms with Crippen LogP contribution in [-0.4, -0.2) is 28.3 Å². The lowest BCUT2D eigenvalue weighted by Crippen LogP contribution is -2.32. The first-order valence-corrected chi connectivity index (χ1v) is 9.59. The van der Waals surface area contributed by atoms with Crippen LogP contribution in [0.2, 0.25) is 0 Å². The van der Waals surface area contributed by atoms with Gasteiger partial charge in [0.2, 0.25) is 0 Å². The Labute approximate surface area is 167 Å². The summed E-state index contributed by atoms with van der Waals surface area (Å²) in [5.74, 6) is -0.0355. The first-order valence-electron chi connectivity index (χ1n) is 9.59. The largest absolute Gasteiger partial charge is 0.460 e. The number of allylic oxidation sites excluding steroid dienone is 1. The van der Waals surface area contributed by atoms with Crippen molar-refractivity contribution < 1.29 is 9.53 Å². The van der Waals surface area contributed by atoms with Crippen molar-refractivity contribution in [2.45, 2.75) is 59.2 Å². The van der Waals surface area contributed by atoms with Crippen molar-refractivity contribution in [3.63, 3.8) is 0 Å². The molecule has 2 atom stereocenters. The van der Waals surface area contributed by atoms with Crippen LogP contribution >= 0.6 is 0 Å². The Morgan fingerprint density at radius 2 is 2.07 bits per heavy atom. The second-order valence-corrected chi connectivity index (χ2v) is 8.43. The van der Waals surface area contributed by atoms with Crippen LogP contribution in [0.1, 0.15) is 50.8 Å². The highest BCUT2D eigenvalue weighted by atomic mass is 16.6. The van der Waals surface area contributed by atoms with Crippen LogP contribution in [0.3, 0.4) is 0 Å². The molecular formula is C23H27N3O2. The van der Waals surface area contributed by atoms with Crippen molar-refractivity contribution in [2.75, 3.05) is 0 Å². The number of fused-ring (bicyclic) bond motifs is 1. The zero-order chi connectivity index (χ0) is 20.5. The minimum atomic E-state index is -0.490. The predicted molar refractivity (Wildman–Crippen MR) is 110 cm³/mol. The third-order valence-corrected chi connectivity index (χ3v) is 5.00. The third kappa shape index (κ3) is 4.33. The molecular weight excluding hydrogens is 350 g/mol. The summed E-state index contributed by atoms with van der Waals surface area (Å²) in [5.41, 5.74) is 4.26. The van der Waals surface area contributed by atoms with Gasteiger partial charge in [-0.25, -0.2) is 0 Å². The average molecular weight is 377 g/mol. The molecule has 0 N–H and O–H groups in total. The fraction of sp³-hybridized carbons (Fsp3) is 0.435. The number of carbonyl (C=O) groups is 1. The van der Waals surface area contributed by atoms with Gasteiger partial charge in [-0.1, -0.05) is 30.4 Å². The summed E-state index contributed by atoms with van der Waals surface area (Å²) >= 11 is 0. The van der Waals surface area contributed by atoms with Crippen LogP contribution in [0.5, 0.6) is 0 Å². The molecule has 5 nitrogen and oxygen atoms in total. The van der Waals surface area contributed by atoms with Gasteiger partial charge in [-0.2, -0.15) is 10.4 Å². The van der Waals surface area contributed by atoms with Crippen LogP contribution in [-0.2, 0) is 16.1 Å². The number of aryl methyl sites for hydroxylation is 1. The van der Waals surface area contributed by atoms with Gasteiger partial charge in [0, 0.05) is 11.6 Å². The number of benzene rings is 1. The number of carbonyl (C=O) groups excluding carboxylic acids is 1. The molecule has 0 radical (unpaired) electrons. The molecule has 28 heavy (non-hydrogen) atoms. The fourth-order valence-electron chi connectivity index (χ4n) is 3.70. The third-order valence-electron chi connectivity index (χ3n) is 5.00. The standard InChI is InChI=1S/C23H27N3O2/c1-15-7-6-8-18(13-24)20(15)14-26-21-11-17(9-10-19(21)16(2)25-26)12-22(27)28-23(3,4)5/h6-11,19,21H,12,14H2,1-5H3. The number of hydrogen-bond acceptors (Lipinski definition) is 5. The van der Waals surface area contributed by atoms with Gasteiger partial charge in [0.15, 0.2) is 0 Å². The van der Waals surface area contributed by atoms with E-state index < -0.39 is 5.60 Å². The molecule has 0 fully saturated rings. The Morgan fingerprint density at radius 3 is 2.75 bits per heavy atom. The number of esters is 1. The number of nitriles is 1. The first kappa shape index (κ1) is 19.9. The Kier molecular flexibility index (Phi) is 5.42. The minimum absolute atomic E-state index is 0.0496. The van der Waals surface area contributed by atoms with Crippen LogP contribution in [0, 0.1) is 24.2 Å². The Morgan fingerprint density at radius 1 is 1.32 bits per heavy atom. The maximum atomic E-state index is 12.2. The van der Waals surface area contributed by atoms with Crippen molar-refractivity contribution in [3.05, 3.63) is 58.7 Å². The number of ether oxygens (including phenoxy) is 1. The summed E-state index contributed by atoms with van der Waals surface area (Å²) < 4.78 is 5.45. The summed E-state index contributed by atoms with van der Waals surface area (Å²) in [6.45, 7) is 10.2. The van der Waals surface area contributed by atoms with Crippen LogP contribution in [0.15, 0.2) is 47.1 Å². The van der Waals surface area contributed by atoms with Gasteiger partial charge in [0.05, 0.1) is 30.6 Å². The number of hydrogen-bond donors (Lipinski definition) is 0. The molecule has 1 aliphatic carbocycles. The maximum absolute atomic E-state index is 12.2. The molecule has 0 bridgehead atoms. The zero-order valence-electron chi connectivity index (χ0n) is 17.2. The topological polar surface area (TPSA) is 65.7 Å². The van der Waals surface area contributed by atoms with Crippen molar-refractivity contribution in [1.29, 1.82) is 5.26 Å². The number of rotatable bonds is 4. The summed E-state index contributed by atoms with van der Waals surface area (Å²) in [6, 6.07) is 8.10. The van der Waals surface area contributed by atoms with E-state index in [1.807, 2.05) is 63.9 Å². The molecule has 0 aromatic heterocycles. The molecule has 2 unspecified atom stereocenters. The van der Waals surface area contributed by atoms with E-state index in [1.54, 1.807) is 0 Å². The van der Waals surface area contributed by atoms with E-state index in [-0.39, 0.29) is 24.3 Å². The van der Waals surface area contributed by atoms with Gasteiger partial charge in [0.25, 0.3) is 0 Å². The zero-order valence-corrected chi connectivity index (χ0v) is 17.2. The second kappa shape index (κ2) is 7.63. The molecule has 146 valence electrons. The average Bonchev–Trinajstić information content (AvgIpc) is 2.90. The lowest BCUT2D eigenvalue weighted by atomic mass is 9.88. The van der Waals surface area contributed by atoms with E-state index in [0.29, 0.717) is 12.1 Å². The van der Waals surface area contributed by atoms with Gasteiger partial charge in [-0.3, -0.25) is 9.80 Å². The summed E-state index contributed by atoms with van der Waals surface area (Å²) in [5, 5.41) is 16.2. The molecule has 3 rings (SSSR count). The first-order chi connectivity index (χ1) is 13.2. The van der Waals surface area contributed by atoms with E-state index in [4.69, 9.17) is 9.84 Å². The molecule has 0 saturated carbocycles. The van der Waals surface area contributed by atoms with Crippen molar-refractivity contribution in [2.24, 2.45) is 11.0 Å². The van der Waals surface area contributed by atoms with Crippen molar-refractivity contribution in [1.82, 2.24) is 5.01 Å². The number of hydrazone groups is 1. The van der Waals surface area contributed by atoms with Crippen molar-refractivity contribution in [3.8, 4) is 6.07 Å². The maximum Gasteiger partial charge on any atom is 0.310 e. The molecule has 0 spiro atoms. The summed E-state index contributed by atoms with van der Waals surface area (Å²) in [7, 11) is 0. The quantitative estimate of drug-likeness (QED) is 0.735.